The molecule has 0 amide bonds. The Hall–Kier alpha value is -3.01. The Morgan fingerprint density at radius 2 is 0.760 bits per heavy atom. The smallest absolute Gasteiger partial charge is 0.361 e. The minimum atomic E-state index is -1.52. The van der Waals surface area contributed by atoms with Crippen molar-refractivity contribution in [3.8, 4) is 0 Å². The predicted octanol–water partition coefficient (Wildman–Crippen LogP) is 18.8. The van der Waals surface area contributed by atoms with Crippen LogP contribution >= 0.6 is 0 Å². The van der Waals surface area contributed by atoms with Crippen molar-refractivity contribution in [1.82, 2.24) is 0 Å². The summed E-state index contributed by atoms with van der Waals surface area (Å²) in [4.78, 5) is 37.5. The maximum absolute atomic E-state index is 12.9. The van der Waals surface area contributed by atoms with E-state index in [2.05, 4.69) is 74.6 Å². The molecule has 0 radical (unpaired) electrons. The zero-order chi connectivity index (χ0) is 54.8. The van der Waals surface area contributed by atoms with E-state index in [-0.39, 0.29) is 32.2 Å². The summed E-state index contributed by atoms with van der Waals surface area (Å²) in [5, 5.41) is 9.71. The first-order chi connectivity index (χ1) is 36.6. The zero-order valence-electron chi connectivity index (χ0n) is 49.7. The van der Waals surface area contributed by atoms with Crippen LogP contribution in [0, 0.1) is 0 Å². The minimum absolute atomic E-state index is 0.184. The second kappa shape index (κ2) is 57.2. The molecule has 436 valence electrons. The van der Waals surface area contributed by atoms with Crippen LogP contribution in [-0.4, -0.2) is 87.4 Å². The number of quaternary nitrogens is 1. The molecule has 0 aliphatic carbocycles. The van der Waals surface area contributed by atoms with Crippen molar-refractivity contribution in [2.75, 3.05) is 47.5 Å². The first-order valence-electron chi connectivity index (χ1n) is 31.5. The number of likely N-dealkylation sites (N-methyl/N-ethyl adjacent to an activating group) is 1. The standard InChI is InChI=1S/C66H119NO8/c1-6-8-10-12-14-16-18-20-22-24-26-27-28-29-30-31-32-33-34-35-36-37-39-40-42-44-46-48-50-52-54-56-63(68)73-60-62(61-74-66(65(70)71)72-59-58-67(3,4)5)75-64(69)57-55-53-51-49-47-45-43-41-38-25-23-21-19-17-15-13-11-9-7-2/h9,11,15,17,21,23-24,26,38,41,62,66H,6-8,10,12-14,16,18-20,22,25,27-37,39-40,42-61H2,1-5H3/p+1/b11-9-,17-15-,23-21-,26-24-,41-38-. The number of aliphatic carboxylic acids is 1. The summed E-state index contributed by atoms with van der Waals surface area (Å²) < 4.78 is 22.9. The SMILES string of the molecule is CC/C=C\C/C=C\C/C=C\C/C=C\CCCCCCCCC(=O)OC(COC(=O)CCCCCCCCCCCCCCCCCCCCC/C=C\CCCCCCCCCC)COC(OCC[N+](C)(C)C)C(=O)O. The number of carboxylic acids is 1. The highest BCUT2D eigenvalue weighted by Crippen LogP contribution is 2.17. The van der Waals surface area contributed by atoms with E-state index in [1.54, 1.807) is 0 Å². The number of hydrogen-bond donors (Lipinski definition) is 1. The fourth-order valence-electron chi connectivity index (χ4n) is 8.94. The molecular weight excluding hydrogens is 935 g/mol. The third kappa shape index (κ3) is 58.5. The van der Waals surface area contributed by atoms with Crippen LogP contribution in [0.3, 0.4) is 0 Å². The minimum Gasteiger partial charge on any atom is -0.477 e. The lowest BCUT2D eigenvalue weighted by Gasteiger charge is -2.25. The molecule has 0 fully saturated rings. The van der Waals surface area contributed by atoms with Gasteiger partial charge in [0.05, 0.1) is 34.4 Å². The van der Waals surface area contributed by atoms with E-state index in [9.17, 15) is 19.5 Å². The van der Waals surface area contributed by atoms with Crippen LogP contribution in [0.15, 0.2) is 60.8 Å². The molecule has 9 heteroatoms. The Labute approximate surface area is 463 Å². The zero-order valence-corrected chi connectivity index (χ0v) is 49.7. The predicted molar refractivity (Wildman–Crippen MR) is 318 cm³/mol. The monoisotopic (exact) mass is 1050 g/mol. The highest BCUT2D eigenvalue weighted by atomic mass is 16.7. The molecule has 0 aliphatic heterocycles. The molecule has 0 aromatic rings. The highest BCUT2D eigenvalue weighted by molar-refractivity contribution is 5.71. The number of rotatable bonds is 58. The average molecular weight is 1060 g/mol. The van der Waals surface area contributed by atoms with Crippen molar-refractivity contribution in [2.45, 2.75) is 296 Å². The van der Waals surface area contributed by atoms with Crippen LogP contribution < -0.4 is 0 Å². The van der Waals surface area contributed by atoms with Gasteiger partial charge in [-0.05, 0) is 77.0 Å². The number of carbonyl (C=O) groups excluding carboxylic acids is 2. The van der Waals surface area contributed by atoms with Gasteiger partial charge >= 0.3 is 17.9 Å². The molecule has 0 aromatic heterocycles. The summed E-state index contributed by atoms with van der Waals surface area (Å²) in [5.41, 5.74) is 0. The quantitative estimate of drug-likeness (QED) is 0.0211. The molecule has 2 unspecified atom stereocenters. The van der Waals surface area contributed by atoms with Gasteiger partial charge in [-0.15, -0.1) is 0 Å². The normalized spacial score (nSPS) is 13.1. The van der Waals surface area contributed by atoms with E-state index >= 15 is 0 Å². The first-order valence-corrected chi connectivity index (χ1v) is 31.5. The van der Waals surface area contributed by atoms with E-state index in [0.29, 0.717) is 23.9 Å². The van der Waals surface area contributed by atoms with Crippen LogP contribution in [-0.2, 0) is 33.3 Å². The Kier molecular flexibility index (Phi) is 54.9. The average Bonchev–Trinajstić information content (AvgIpc) is 3.38. The number of ether oxygens (including phenoxy) is 4. The lowest BCUT2D eigenvalue weighted by Crippen LogP contribution is -2.40. The number of hydrogen-bond acceptors (Lipinski definition) is 7. The third-order valence-corrected chi connectivity index (χ3v) is 13.8. The van der Waals surface area contributed by atoms with Gasteiger partial charge in [0.25, 0.3) is 6.29 Å². The van der Waals surface area contributed by atoms with Gasteiger partial charge < -0.3 is 28.5 Å². The van der Waals surface area contributed by atoms with Gasteiger partial charge in [0.1, 0.15) is 13.2 Å². The Morgan fingerprint density at radius 1 is 0.413 bits per heavy atom. The van der Waals surface area contributed by atoms with Crippen LogP contribution in [0.1, 0.15) is 284 Å². The van der Waals surface area contributed by atoms with Crippen LogP contribution in [0.2, 0.25) is 0 Å². The van der Waals surface area contributed by atoms with E-state index < -0.39 is 24.3 Å². The number of unbranched alkanes of at least 4 members (excludes halogenated alkanes) is 33. The molecule has 1 N–H and O–H groups in total. The molecule has 2 atom stereocenters. The lowest BCUT2D eigenvalue weighted by atomic mass is 10.0. The van der Waals surface area contributed by atoms with Crippen LogP contribution in [0.25, 0.3) is 0 Å². The van der Waals surface area contributed by atoms with Crippen molar-refractivity contribution >= 4 is 17.9 Å². The Bertz CT molecular complexity index is 1410. The van der Waals surface area contributed by atoms with Gasteiger partial charge in [0.15, 0.2) is 6.10 Å². The van der Waals surface area contributed by atoms with E-state index in [1.165, 1.54) is 167 Å². The van der Waals surface area contributed by atoms with Crippen LogP contribution in [0.5, 0.6) is 0 Å². The molecule has 0 saturated carbocycles. The largest absolute Gasteiger partial charge is 0.477 e. The van der Waals surface area contributed by atoms with Gasteiger partial charge in [-0.1, -0.05) is 254 Å². The van der Waals surface area contributed by atoms with Gasteiger partial charge in [0.2, 0.25) is 0 Å². The molecule has 0 spiro atoms. The van der Waals surface area contributed by atoms with Crippen molar-refractivity contribution in [2.24, 2.45) is 0 Å². The van der Waals surface area contributed by atoms with Crippen molar-refractivity contribution in [1.29, 1.82) is 0 Å². The third-order valence-electron chi connectivity index (χ3n) is 13.8. The van der Waals surface area contributed by atoms with Crippen molar-refractivity contribution < 1.29 is 42.9 Å². The van der Waals surface area contributed by atoms with E-state index in [1.807, 2.05) is 21.1 Å². The second-order valence-electron chi connectivity index (χ2n) is 22.3. The Balaban J connectivity index is 4.12. The fraction of sp³-hybridized carbons (Fsp3) is 0.803. The summed E-state index contributed by atoms with van der Waals surface area (Å²) >= 11 is 0. The molecule has 0 rings (SSSR count). The highest BCUT2D eigenvalue weighted by Gasteiger charge is 2.25. The maximum atomic E-state index is 12.9. The number of esters is 2. The van der Waals surface area contributed by atoms with Crippen LogP contribution in [0.4, 0.5) is 0 Å². The summed E-state index contributed by atoms with van der Waals surface area (Å²) in [6.07, 6.45) is 70.4. The summed E-state index contributed by atoms with van der Waals surface area (Å²) in [6.45, 7) is 4.78. The summed E-state index contributed by atoms with van der Waals surface area (Å²) in [5.74, 6) is -2.01. The second-order valence-corrected chi connectivity index (χ2v) is 22.3. The Morgan fingerprint density at radius 3 is 1.15 bits per heavy atom. The number of carboxylic acid groups (broad SMARTS) is 1. The maximum Gasteiger partial charge on any atom is 0.361 e. The number of allylic oxidation sites excluding steroid dienone is 10. The van der Waals surface area contributed by atoms with Gasteiger partial charge in [-0.25, -0.2) is 4.79 Å². The molecule has 0 aromatic carbocycles. The molecular formula is C66H120NO8+. The molecule has 0 aliphatic rings. The topological polar surface area (TPSA) is 108 Å². The summed E-state index contributed by atoms with van der Waals surface area (Å²) in [6, 6.07) is 0. The lowest BCUT2D eigenvalue weighted by molar-refractivity contribution is -0.870. The van der Waals surface area contributed by atoms with Gasteiger partial charge in [-0.2, -0.15) is 0 Å². The van der Waals surface area contributed by atoms with E-state index in [0.717, 1.165) is 83.5 Å². The number of carbonyl (C=O) groups is 3. The van der Waals surface area contributed by atoms with Gasteiger partial charge in [0, 0.05) is 12.8 Å². The first kappa shape index (κ1) is 72.0. The molecule has 0 saturated heterocycles. The molecule has 9 nitrogen and oxygen atoms in total. The van der Waals surface area contributed by atoms with Gasteiger partial charge in [-0.3, -0.25) is 9.59 Å². The number of nitrogens with zero attached hydrogens (tertiary/aromatic N) is 1. The van der Waals surface area contributed by atoms with Crippen molar-refractivity contribution in [3.05, 3.63) is 60.8 Å². The summed E-state index contributed by atoms with van der Waals surface area (Å²) in [7, 11) is 5.97. The fourth-order valence-corrected chi connectivity index (χ4v) is 8.94. The molecule has 0 heterocycles. The molecule has 0 bridgehead atoms. The molecule has 75 heavy (non-hydrogen) atoms. The van der Waals surface area contributed by atoms with Crippen molar-refractivity contribution in [3.63, 3.8) is 0 Å². The van der Waals surface area contributed by atoms with E-state index in [4.69, 9.17) is 18.9 Å².